The zero-order valence-corrected chi connectivity index (χ0v) is 17.7. The molecule has 158 valence electrons. The van der Waals surface area contributed by atoms with Gasteiger partial charge in [0, 0.05) is 35.0 Å². The predicted octanol–water partition coefficient (Wildman–Crippen LogP) is 5.38. The van der Waals surface area contributed by atoms with E-state index in [0.717, 1.165) is 35.6 Å². The molecule has 5 nitrogen and oxygen atoms in total. The van der Waals surface area contributed by atoms with Crippen LogP contribution in [0.1, 0.15) is 52.8 Å². The zero-order chi connectivity index (χ0) is 21.5. The molecule has 3 aromatic rings. The van der Waals surface area contributed by atoms with Crippen molar-refractivity contribution in [1.29, 1.82) is 0 Å². The number of fused-ring (bicyclic) bond motifs is 2. The standard InChI is InChI=1S/C26H25NO4/c1-15-10-11-27-16(2)26(15)22-5-3-4-21-20(22)8-9-23(21)31-18-6-7-19-17(12-25(28)29)14-30-24(19)13-18/h3-7,10-11,13,17,23H,8-9,12,14H2,1-2H3,(H,28,29)/t17-,23-/m1/s1. The van der Waals surface area contributed by atoms with E-state index >= 15 is 0 Å². The van der Waals surface area contributed by atoms with Gasteiger partial charge in [0.1, 0.15) is 17.6 Å². The molecule has 1 aromatic heterocycles. The van der Waals surface area contributed by atoms with Crippen LogP contribution in [0.2, 0.25) is 0 Å². The molecule has 0 amide bonds. The maximum Gasteiger partial charge on any atom is 0.304 e. The lowest BCUT2D eigenvalue weighted by atomic mass is 9.93. The van der Waals surface area contributed by atoms with Gasteiger partial charge < -0.3 is 14.6 Å². The Balaban J connectivity index is 1.42. The summed E-state index contributed by atoms with van der Waals surface area (Å²) in [6, 6.07) is 14.3. The summed E-state index contributed by atoms with van der Waals surface area (Å²) in [5.41, 5.74) is 8.26. The van der Waals surface area contributed by atoms with E-state index in [1.165, 1.54) is 27.8 Å². The van der Waals surface area contributed by atoms with Gasteiger partial charge in [-0.3, -0.25) is 9.78 Å². The fraction of sp³-hybridized carbons (Fsp3) is 0.308. The van der Waals surface area contributed by atoms with E-state index in [9.17, 15) is 4.79 Å². The first-order valence-corrected chi connectivity index (χ1v) is 10.7. The minimum absolute atomic E-state index is 0.0125. The lowest BCUT2D eigenvalue weighted by Gasteiger charge is -2.17. The molecular formula is C26H25NO4. The van der Waals surface area contributed by atoms with Crippen LogP contribution in [0.15, 0.2) is 48.7 Å². The van der Waals surface area contributed by atoms with E-state index in [1.807, 2.05) is 24.4 Å². The Labute approximate surface area is 181 Å². The van der Waals surface area contributed by atoms with Gasteiger partial charge in [-0.05, 0) is 61.1 Å². The van der Waals surface area contributed by atoms with Crippen LogP contribution in [-0.2, 0) is 11.2 Å². The molecular weight excluding hydrogens is 390 g/mol. The molecule has 0 spiro atoms. The SMILES string of the molecule is Cc1ccnc(C)c1-c1cccc2c1CC[C@H]2Oc1ccc2c(c1)OC[C@H]2CC(=O)O. The number of hydrogen-bond acceptors (Lipinski definition) is 4. The average molecular weight is 415 g/mol. The molecule has 31 heavy (non-hydrogen) atoms. The summed E-state index contributed by atoms with van der Waals surface area (Å²) < 4.78 is 12.1. The number of carboxylic acid groups (broad SMARTS) is 1. The van der Waals surface area contributed by atoms with Gasteiger partial charge in [0.05, 0.1) is 13.0 Å². The summed E-state index contributed by atoms with van der Waals surface area (Å²) in [6.45, 7) is 4.60. The third-order valence-electron chi connectivity index (χ3n) is 6.40. The first kappa shape index (κ1) is 19.6. The fourth-order valence-electron chi connectivity index (χ4n) is 4.95. The molecule has 2 aliphatic rings. The second kappa shape index (κ2) is 7.73. The van der Waals surface area contributed by atoms with E-state index in [2.05, 4.69) is 43.1 Å². The van der Waals surface area contributed by atoms with Crippen molar-refractivity contribution in [2.75, 3.05) is 6.61 Å². The molecule has 0 saturated heterocycles. The van der Waals surface area contributed by atoms with Crippen molar-refractivity contribution >= 4 is 5.97 Å². The van der Waals surface area contributed by atoms with Gasteiger partial charge in [0.25, 0.3) is 0 Å². The van der Waals surface area contributed by atoms with E-state index in [4.69, 9.17) is 14.6 Å². The summed E-state index contributed by atoms with van der Waals surface area (Å²) in [6.07, 6.45) is 3.82. The fourth-order valence-corrected chi connectivity index (χ4v) is 4.95. The van der Waals surface area contributed by atoms with Gasteiger partial charge in [-0.1, -0.05) is 24.3 Å². The first-order valence-electron chi connectivity index (χ1n) is 10.7. The highest BCUT2D eigenvalue weighted by Crippen LogP contribution is 2.43. The average Bonchev–Trinajstić information content (AvgIpc) is 3.32. The lowest BCUT2D eigenvalue weighted by Crippen LogP contribution is -2.07. The Kier molecular flexibility index (Phi) is 4.89. The number of aryl methyl sites for hydroxylation is 2. The minimum atomic E-state index is -0.806. The van der Waals surface area contributed by atoms with Crippen LogP contribution in [0.25, 0.3) is 11.1 Å². The quantitative estimate of drug-likeness (QED) is 0.606. The molecule has 1 N–H and O–H groups in total. The Morgan fingerprint density at radius 3 is 2.87 bits per heavy atom. The number of hydrogen-bond donors (Lipinski definition) is 1. The highest BCUT2D eigenvalue weighted by atomic mass is 16.5. The monoisotopic (exact) mass is 415 g/mol. The van der Waals surface area contributed by atoms with Crippen molar-refractivity contribution in [1.82, 2.24) is 4.98 Å². The van der Waals surface area contributed by atoms with E-state index in [-0.39, 0.29) is 18.4 Å². The maximum atomic E-state index is 11.1. The summed E-state index contributed by atoms with van der Waals surface area (Å²) in [5.74, 6) is 0.588. The molecule has 0 radical (unpaired) electrons. The number of carbonyl (C=O) groups is 1. The Bertz CT molecular complexity index is 1150. The van der Waals surface area contributed by atoms with Crippen molar-refractivity contribution in [2.24, 2.45) is 0 Å². The Morgan fingerprint density at radius 2 is 2.06 bits per heavy atom. The van der Waals surface area contributed by atoms with Crippen LogP contribution in [0.4, 0.5) is 0 Å². The summed E-state index contributed by atoms with van der Waals surface area (Å²) in [4.78, 5) is 15.6. The molecule has 5 heteroatoms. The first-order chi connectivity index (χ1) is 15.0. The second-order valence-corrected chi connectivity index (χ2v) is 8.41. The van der Waals surface area contributed by atoms with Gasteiger partial charge in [0.15, 0.2) is 0 Å². The van der Waals surface area contributed by atoms with Gasteiger partial charge in [-0.2, -0.15) is 0 Å². The Hall–Kier alpha value is -3.34. The number of nitrogens with zero attached hydrogens (tertiary/aromatic N) is 1. The second-order valence-electron chi connectivity index (χ2n) is 8.41. The molecule has 2 atom stereocenters. The highest BCUT2D eigenvalue weighted by molar-refractivity contribution is 5.74. The van der Waals surface area contributed by atoms with Crippen LogP contribution >= 0.6 is 0 Å². The molecule has 0 fully saturated rings. The van der Waals surface area contributed by atoms with Crippen LogP contribution in [0.3, 0.4) is 0 Å². The summed E-state index contributed by atoms with van der Waals surface area (Å²) >= 11 is 0. The van der Waals surface area contributed by atoms with E-state index in [1.54, 1.807) is 0 Å². The summed E-state index contributed by atoms with van der Waals surface area (Å²) in [5, 5.41) is 9.09. The van der Waals surface area contributed by atoms with Gasteiger partial charge in [0.2, 0.25) is 0 Å². The van der Waals surface area contributed by atoms with Crippen molar-refractivity contribution in [2.45, 2.75) is 45.1 Å². The molecule has 2 heterocycles. The van der Waals surface area contributed by atoms with Crippen molar-refractivity contribution in [3.63, 3.8) is 0 Å². The molecule has 5 rings (SSSR count). The van der Waals surface area contributed by atoms with Crippen LogP contribution in [-0.4, -0.2) is 22.7 Å². The normalized spacial score (nSPS) is 18.9. The number of carboxylic acids is 1. The van der Waals surface area contributed by atoms with E-state index in [0.29, 0.717) is 6.61 Å². The number of benzene rings is 2. The van der Waals surface area contributed by atoms with Crippen molar-refractivity contribution in [3.8, 4) is 22.6 Å². The molecule has 2 aromatic carbocycles. The number of ether oxygens (including phenoxy) is 2. The number of rotatable bonds is 5. The Morgan fingerprint density at radius 1 is 1.19 bits per heavy atom. The third-order valence-corrected chi connectivity index (χ3v) is 6.40. The molecule has 0 saturated carbocycles. The molecule has 1 aliphatic carbocycles. The van der Waals surface area contributed by atoms with Crippen molar-refractivity contribution in [3.05, 3.63) is 76.6 Å². The van der Waals surface area contributed by atoms with Crippen LogP contribution < -0.4 is 9.47 Å². The van der Waals surface area contributed by atoms with Gasteiger partial charge in [-0.15, -0.1) is 0 Å². The maximum absolute atomic E-state index is 11.1. The minimum Gasteiger partial charge on any atom is -0.492 e. The van der Waals surface area contributed by atoms with Crippen molar-refractivity contribution < 1.29 is 19.4 Å². The highest BCUT2D eigenvalue weighted by Gasteiger charge is 2.29. The van der Waals surface area contributed by atoms with Gasteiger partial charge in [-0.25, -0.2) is 0 Å². The molecule has 1 aliphatic heterocycles. The smallest absolute Gasteiger partial charge is 0.304 e. The predicted molar refractivity (Wildman–Crippen MR) is 118 cm³/mol. The molecule has 0 unspecified atom stereocenters. The number of aliphatic carboxylic acids is 1. The number of aromatic nitrogens is 1. The van der Waals surface area contributed by atoms with Crippen LogP contribution in [0.5, 0.6) is 11.5 Å². The lowest BCUT2D eigenvalue weighted by molar-refractivity contribution is -0.137. The van der Waals surface area contributed by atoms with Gasteiger partial charge >= 0.3 is 5.97 Å². The summed E-state index contributed by atoms with van der Waals surface area (Å²) in [7, 11) is 0. The third kappa shape index (κ3) is 3.54. The number of pyridine rings is 1. The largest absolute Gasteiger partial charge is 0.492 e. The van der Waals surface area contributed by atoms with Crippen LogP contribution in [0, 0.1) is 13.8 Å². The van der Waals surface area contributed by atoms with E-state index < -0.39 is 5.97 Å². The topological polar surface area (TPSA) is 68.7 Å². The zero-order valence-electron chi connectivity index (χ0n) is 17.7. The molecule has 0 bridgehead atoms.